The van der Waals surface area contributed by atoms with E-state index in [1.165, 1.54) is 16.7 Å². The first kappa shape index (κ1) is 21.2. The average Bonchev–Trinajstić information content (AvgIpc) is 2.51. The van der Waals surface area contributed by atoms with Gasteiger partial charge < -0.3 is 0 Å². The van der Waals surface area contributed by atoms with Crippen LogP contribution in [0.1, 0.15) is 40.5 Å². The third-order valence-electron chi connectivity index (χ3n) is 3.28. The highest BCUT2D eigenvalue weighted by Crippen LogP contribution is 2.24. The van der Waals surface area contributed by atoms with Gasteiger partial charge in [-0.3, -0.25) is 14.5 Å². The summed E-state index contributed by atoms with van der Waals surface area (Å²) in [6, 6.07) is 0. The Morgan fingerprint density at radius 1 is 1.30 bits per heavy atom. The molecule has 0 heterocycles. The molecule has 0 saturated heterocycles. The van der Waals surface area contributed by atoms with E-state index in [9.17, 15) is 9.59 Å². The van der Waals surface area contributed by atoms with Crippen LogP contribution in [0.2, 0.25) is 0 Å². The zero-order valence-electron chi connectivity index (χ0n) is 14.8. The van der Waals surface area contributed by atoms with E-state index in [2.05, 4.69) is 13.2 Å². The maximum atomic E-state index is 12.8. The van der Waals surface area contributed by atoms with Crippen LogP contribution in [0.5, 0.6) is 0 Å². The Hall–Kier alpha value is -1.81. The fourth-order valence-corrected chi connectivity index (χ4v) is 2.67. The largest absolute Gasteiger partial charge is 0.296 e. The van der Waals surface area contributed by atoms with Crippen LogP contribution in [0, 0.1) is 0 Å². The molecule has 23 heavy (non-hydrogen) atoms. The molecular formula is C19H27NO2S. The number of aldehydes is 1. The lowest BCUT2D eigenvalue weighted by Gasteiger charge is -2.25. The Morgan fingerprint density at radius 3 is 2.26 bits per heavy atom. The van der Waals surface area contributed by atoms with E-state index in [-0.39, 0.29) is 12.3 Å². The third-order valence-corrected chi connectivity index (χ3v) is 4.18. The van der Waals surface area contributed by atoms with Crippen LogP contribution in [0.25, 0.3) is 0 Å². The molecule has 0 unspecified atom stereocenters. The molecule has 3 nitrogen and oxygen atoms in total. The van der Waals surface area contributed by atoms with Gasteiger partial charge in [-0.15, -0.1) is 11.8 Å². The Bertz CT molecular complexity index is 568. The minimum absolute atomic E-state index is 0.141. The smallest absolute Gasteiger partial charge is 0.236 e. The maximum Gasteiger partial charge on any atom is 0.236 e. The second-order valence-electron chi connectivity index (χ2n) is 5.08. The molecule has 0 aliphatic rings. The van der Waals surface area contributed by atoms with Crippen molar-refractivity contribution < 1.29 is 9.59 Å². The second kappa shape index (κ2) is 10.8. The number of hydrogen-bond acceptors (Lipinski definition) is 3. The zero-order chi connectivity index (χ0) is 18.0. The highest BCUT2D eigenvalue weighted by atomic mass is 32.2. The van der Waals surface area contributed by atoms with Crippen molar-refractivity contribution in [1.82, 2.24) is 4.90 Å². The van der Waals surface area contributed by atoms with Gasteiger partial charge in [0.05, 0.1) is 12.1 Å². The van der Waals surface area contributed by atoms with E-state index in [0.717, 1.165) is 22.3 Å². The molecule has 0 saturated carbocycles. The standard InChI is InChI=1S/C19H27NO2S/c1-8-16(9-2)18(13-21)20(15(6)11-14(4)5)19(22)12-17(10-3)23-7/h8,10-11,13H,1,4,9,12H2,2-3,5-7H3/b15-11?,17-10?,18-16+. The number of allylic oxidation sites excluding steroid dienone is 7. The fourth-order valence-electron chi connectivity index (χ4n) is 2.16. The van der Waals surface area contributed by atoms with Crippen molar-refractivity contribution in [2.75, 3.05) is 6.26 Å². The topological polar surface area (TPSA) is 37.4 Å². The minimum atomic E-state index is -0.141. The summed E-state index contributed by atoms with van der Waals surface area (Å²) in [7, 11) is 0. The first-order chi connectivity index (χ1) is 10.9. The zero-order valence-corrected chi connectivity index (χ0v) is 15.6. The van der Waals surface area contributed by atoms with Gasteiger partial charge in [0.1, 0.15) is 0 Å². The Kier molecular flexibility index (Phi) is 9.99. The SMILES string of the molecule is C=C/C(CC)=C(/C=O)N(C(=O)CC(=CC)SC)C(C)=CC(=C)C. The van der Waals surface area contributed by atoms with Crippen LogP contribution < -0.4 is 0 Å². The van der Waals surface area contributed by atoms with E-state index >= 15 is 0 Å². The summed E-state index contributed by atoms with van der Waals surface area (Å²) in [5.41, 5.74) is 2.58. The van der Waals surface area contributed by atoms with Crippen molar-refractivity contribution in [2.45, 2.75) is 40.5 Å². The van der Waals surface area contributed by atoms with Gasteiger partial charge in [0, 0.05) is 5.70 Å². The van der Waals surface area contributed by atoms with Gasteiger partial charge in [-0.1, -0.05) is 37.8 Å². The van der Waals surface area contributed by atoms with Gasteiger partial charge in [0.15, 0.2) is 6.29 Å². The maximum absolute atomic E-state index is 12.8. The second-order valence-corrected chi connectivity index (χ2v) is 6.02. The quantitative estimate of drug-likeness (QED) is 0.338. The summed E-state index contributed by atoms with van der Waals surface area (Å²) in [6.45, 7) is 15.1. The van der Waals surface area contributed by atoms with Crippen molar-refractivity contribution in [3.05, 3.63) is 58.8 Å². The molecule has 0 N–H and O–H groups in total. The van der Waals surface area contributed by atoms with Crippen molar-refractivity contribution in [3.63, 3.8) is 0 Å². The summed E-state index contributed by atoms with van der Waals surface area (Å²) >= 11 is 1.53. The molecule has 0 atom stereocenters. The monoisotopic (exact) mass is 333 g/mol. The summed E-state index contributed by atoms with van der Waals surface area (Å²) in [5.74, 6) is -0.141. The summed E-state index contributed by atoms with van der Waals surface area (Å²) in [5, 5.41) is 0. The minimum Gasteiger partial charge on any atom is -0.296 e. The molecule has 0 rings (SSSR count). The van der Waals surface area contributed by atoms with Crippen molar-refractivity contribution >= 4 is 24.0 Å². The molecule has 0 radical (unpaired) electrons. The van der Waals surface area contributed by atoms with Gasteiger partial charge in [-0.2, -0.15) is 0 Å². The van der Waals surface area contributed by atoms with Gasteiger partial charge in [-0.25, -0.2) is 0 Å². The van der Waals surface area contributed by atoms with Crippen LogP contribution in [0.15, 0.2) is 58.8 Å². The van der Waals surface area contributed by atoms with Gasteiger partial charge in [0.25, 0.3) is 0 Å². The van der Waals surface area contributed by atoms with E-state index in [0.29, 0.717) is 17.8 Å². The molecule has 0 aliphatic heterocycles. The van der Waals surface area contributed by atoms with Gasteiger partial charge in [0.2, 0.25) is 5.91 Å². The molecule has 0 aliphatic carbocycles. The van der Waals surface area contributed by atoms with Crippen molar-refractivity contribution in [2.24, 2.45) is 0 Å². The number of amides is 1. The van der Waals surface area contributed by atoms with Crippen LogP contribution in [0.4, 0.5) is 0 Å². The van der Waals surface area contributed by atoms with E-state index in [1.807, 2.05) is 33.1 Å². The molecule has 126 valence electrons. The highest BCUT2D eigenvalue weighted by molar-refractivity contribution is 8.02. The van der Waals surface area contributed by atoms with Gasteiger partial charge >= 0.3 is 0 Å². The predicted octanol–water partition coefficient (Wildman–Crippen LogP) is 5.00. The number of rotatable bonds is 9. The first-order valence-corrected chi connectivity index (χ1v) is 8.75. The number of thioether (sulfide) groups is 1. The number of carbonyl (C=O) groups excluding carboxylic acids is 2. The molecular weight excluding hydrogens is 306 g/mol. The third kappa shape index (κ3) is 6.45. The fraction of sp³-hybridized carbons (Fsp3) is 0.368. The Labute approximate surface area is 144 Å². The lowest BCUT2D eigenvalue weighted by molar-refractivity contribution is -0.128. The number of hydrogen-bond donors (Lipinski definition) is 0. The molecule has 0 fully saturated rings. The van der Waals surface area contributed by atoms with Crippen molar-refractivity contribution in [3.8, 4) is 0 Å². The van der Waals surface area contributed by atoms with Crippen LogP contribution >= 0.6 is 11.8 Å². The normalized spacial score (nSPS) is 13.3. The lowest BCUT2D eigenvalue weighted by atomic mass is 10.1. The Morgan fingerprint density at radius 2 is 1.91 bits per heavy atom. The van der Waals surface area contributed by atoms with Gasteiger partial charge in [-0.05, 0) is 50.0 Å². The highest BCUT2D eigenvalue weighted by Gasteiger charge is 2.22. The van der Waals surface area contributed by atoms with Crippen LogP contribution in [-0.2, 0) is 9.59 Å². The first-order valence-electron chi connectivity index (χ1n) is 7.52. The summed E-state index contributed by atoms with van der Waals surface area (Å²) in [6.07, 6.45) is 8.88. The van der Waals surface area contributed by atoms with E-state index < -0.39 is 0 Å². The molecule has 0 aromatic rings. The number of nitrogens with zero attached hydrogens (tertiary/aromatic N) is 1. The molecule has 0 spiro atoms. The van der Waals surface area contributed by atoms with Crippen molar-refractivity contribution in [1.29, 1.82) is 0 Å². The summed E-state index contributed by atoms with van der Waals surface area (Å²) < 4.78 is 0. The molecule has 4 heteroatoms. The average molecular weight is 333 g/mol. The summed E-state index contributed by atoms with van der Waals surface area (Å²) in [4.78, 5) is 26.9. The van der Waals surface area contributed by atoms with E-state index in [1.54, 1.807) is 19.1 Å². The number of carbonyl (C=O) groups is 2. The molecule has 0 bridgehead atoms. The van der Waals surface area contributed by atoms with Crippen LogP contribution in [-0.4, -0.2) is 23.3 Å². The Balaban J connectivity index is 6.06. The van der Waals surface area contributed by atoms with Crippen LogP contribution in [0.3, 0.4) is 0 Å². The molecule has 0 aromatic carbocycles. The lowest BCUT2D eigenvalue weighted by Crippen LogP contribution is -2.30. The molecule has 1 amide bonds. The van der Waals surface area contributed by atoms with E-state index in [4.69, 9.17) is 0 Å². The predicted molar refractivity (Wildman–Crippen MR) is 101 cm³/mol. The molecule has 0 aromatic heterocycles.